The average Bonchev–Trinajstić information content (AvgIpc) is 2.78. The van der Waals surface area contributed by atoms with E-state index >= 15 is 0 Å². The van der Waals surface area contributed by atoms with Crippen LogP contribution in [0.15, 0.2) is 53.4 Å². The van der Waals surface area contributed by atoms with Crippen LogP contribution in [-0.4, -0.2) is 44.9 Å². The van der Waals surface area contributed by atoms with E-state index in [9.17, 15) is 13.2 Å². The summed E-state index contributed by atoms with van der Waals surface area (Å²) in [6.07, 6.45) is 0. The highest BCUT2D eigenvalue weighted by molar-refractivity contribution is 7.89. The van der Waals surface area contributed by atoms with E-state index in [1.807, 2.05) is 0 Å². The zero-order chi connectivity index (χ0) is 22.6. The molecule has 0 radical (unpaired) electrons. The van der Waals surface area contributed by atoms with E-state index in [1.165, 1.54) is 22.0 Å². The molecule has 31 heavy (non-hydrogen) atoms. The molecule has 1 heterocycles. The van der Waals surface area contributed by atoms with Gasteiger partial charge in [-0.2, -0.15) is 4.31 Å². The number of ether oxygens (including phenoxy) is 1. The summed E-state index contributed by atoms with van der Waals surface area (Å²) in [5.41, 5.74) is 2.61. The predicted octanol–water partition coefficient (Wildman–Crippen LogP) is 3.96. The van der Waals surface area contributed by atoms with Gasteiger partial charge in [-0.15, -0.1) is 0 Å². The second-order valence-corrected chi connectivity index (χ2v) is 10.5. The molecule has 0 unspecified atom stereocenters. The molecule has 6 nitrogen and oxygen atoms in total. The third-order valence-electron chi connectivity index (χ3n) is 5.62. The van der Waals surface area contributed by atoms with Gasteiger partial charge in [0.1, 0.15) is 0 Å². The summed E-state index contributed by atoms with van der Waals surface area (Å²) < 4.78 is 32.5. The van der Waals surface area contributed by atoms with Crippen molar-refractivity contribution in [1.82, 2.24) is 9.62 Å². The summed E-state index contributed by atoms with van der Waals surface area (Å²) in [4.78, 5) is 13.2. The van der Waals surface area contributed by atoms with Gasteiger partial charge in [-0.3, -0.25) is 4.79 Å². The first-order valence-electron chi connectivity index (χ1n) is 10.8. The predicted molar refractivity (Wildman–Crippen MR) is 122 cm³/mol. The third kappa shape index (κ3) is 5.53. The van der Waals surface area contributed by atoms with Gasteiger partial charge in [0.25, 0.3) is 5.91 Å². The van der Waals surface area contributed by atoms with Crippen molar-refractivity contribution in [2.24, 2.45) is 5.92 Å². The lowest BCUT2D eigenvalue weighted by Crippen LogP contribution is -2.40. The Morgan fingerprint density at radius 2 is 1.58 bits per heavy atom. The molecule has 2 aromatic carbocycles. The molecule has 1 amide bonds. The van der Waals surface area contributed by atoms with Crippen LogP contribution in [0.4, 0.5) is 0 Å². The van der Waals surface area contributed by atoms with Crippen molar-refractivity contribution in [3.63, 3.8) is 0 Å². The first-order valence-corrected chi connectivity index (χ1v) is 12.2. The van der Waals surface area contributed by atoms with Crippen LogP contribution in [0.5, 0.6) is 0 Å². The fourth-order valence-electron chi connectivity index (χ4n) is 3.68. The van der Waals surface area contributed by atoms with E-state index in [1.54, 1.807) is 12.1 Å². The van der Waals surface area contributed by atoms with E-state index < -0.39 is 10.0 Å². The van der Waals surface area contributed by atoms with Gasteiger partial charge in [0.2, 0.25) is 10.0 Å². The van der Waals surface area contributed by atoms with E-state index in [2.05, 4.69) is 57.3 Å². The van der Waals surface area contributed by atoms with Gasteiger partial charge in [0.05, 0.1) is 24.2 Å². The fourth-order valence-corrected chi connectivity index (χ4v) is 5.14. The van der Waals surface area contributed by atoms with Gasteiger partial charge < -0.3 is 10.1 Å². The highest BCUT2D eigenvalue weighted by Gasteiger charge is 2.27. The smallest absolute Gasteiger partial charge is 0.251 e. The highest BCUT2D eigenvalue weighted by atomic mass is 32.2. The maximum atomic E-state index is 13.0. The third-order valence-corrected chi connectivity index (χ3v) is 7.51. The molecule has 1 fully saturated rings. The minimum atomic E-state index is -3.65. The van der Waals surface area contributed by atoms with Crippen LogP contribution in [0.1, 0.15) is 61.1 Å². The van der Waals surface area contributed by atoms with Crippen LogP contribution in [-0.2, 0) is 14.8 Å². The number of amides is 1. The van der Waals surface area contributed by atoms with Crippen LogP contribution >= 0.6 is 0 Å². The minimum absolute atomic E-state index is 0.129. The van der Waals surface area contributed by atoms with Crippen LogP contribution in [0.3, 0.4) is 0 Å². The Labute approximate surface area is 185 Å². The summed E-state index contributed by atoms with van der Waals surface area (Å²) in [6.45, 7) is 9.81. The maximum Gasteiger partial charge on any atom is 0.251 e. The van der Waals surface area contributed by atoms with Crippen LogP contribution in [0, 0.1) is 5.92 Å². The van der Waals surface area contributed by atoms with Crippen LogP contribution in [0.25, 0.3) is 0 Å². The topological polar surface area (TPSA) is 75.7 Å². The lowest BCUT2D eigenvalue weighted by molar-refractivity contribution is 0.0730. The van der Waals surface area contributed by atoms with Gasteiger partial charge in [-0.05, 0) is 41.2 Å². The van der Waals surface area contributed by atoms with Crippen molar-refractivity contribution in [3.8, 4) is 0 Å². The summed E-state index contributed by atoms with van der Waals surface area (Å²) in [5, 5.41) is 3.09. The molecule has 7 heteroatoms. The van der Waals surface area contributed by atoms with Crippen LogP contribution in [0.2, 0.25) is 0 Å². The Morgan fingerprint density at radius 1 is 0.968 bits per heavy atom. The number of hydrogen-bond acceptors (Lipinski definition) is 4. The molecule has 2 aromatic rings. The Balaban J connectivity index is 1.80. The van der Waals surface area contributed by atoms with Crippen molar-refractivity contribution >= 4 is 15.9 Å². The van der Waals surface area contributed by atoms with Gasteiger partial charge >= 0.3 is 0 Å². The molecule has 0 aromatic heterocycles. The molecule has 0 aliphatic carbocycles. The average molecular weight is 445 g/mol. The molecular formula is C24H32N2O4S. The molecule has 1 atom stereocenters. The monoisotopic (exact) mass is 444 g/mol. The second kappa shape index (κ2) is 9.94. The van der Waals surface area contributed by atoms with Crippen molar-refractivity contribution in [2.75, 3.05) is 26.3 Å². The normalized spacial score (nSPS) is 16.5. The summed E-state index contributed by atoms with van der Waals surface area (Å²) in [7, 11) is -3.65. The molecule has 0 saturated carbocycles. The van der Waals surface area contributed by atoms with Gasteiger partial charge in [-0.1, -0.05) is 58.0 Å². The Kier molecular flexibility index (Phi) is 7.51. The summed E-state index contributed by atoms with van der Waals surface area (Å²) in [5.74, 6) is 0.331. The fraction of sp³-hybridized carbons (Fsp3) is 0.458. The van der Waals surface area contributed by atoms with Gasteiger partial charge in [-0.25, -0.2) is 8.42 Å². The Morgan fingerprint density at radius 3 is 2.16 bits per heavy atom. The Bertz CT molecular complexity index is 994. The molecule has 1 aliphatic rings. The first kappa shape index (κ1) is 23.4. The number of benzene rings is 2. The number of hydrogen-bond donors (Lipinski definition) is 1. The summed E-state index contributed by atoms with van der Waals surface area (Å²) in [6, 6.07) is 14.4. The molecule has 0 spiro atoms. The number of morpholine rings is 1. The van der Waals surface area contributed by atoms with E-state index in [-0.39, 0.29) is 22.8 Å². The molecule has 1 N–H and O–H groups in total. The largest absolute Gasteiger partial charge is 0.379 e. The quantitative estimate of drug-likeness (QED) is 0.701. The van der Waals surface area contributed by atoms with Crippen LogP contribution < -0.4 is 5.32 Å². The van der Waals surface area contributed by atoms with Gasteiger partial charge in [0.15, 0.2) is 0 Å². The zero-order valence-electron chi connectivity index (χ0n) is 18.7. The first-order chi connectivity index (χ1) is 14.7. The number of rotatable bonds is 7. The molecule has 1 aliphatic heterocycles. The van der Waals surface area contributed by atoms with Crippen molar-refractivity contribution in [1.29, 1.82) is 0 Å². The van der Waals surface area contributed by atoms with E-state index in [4.69, 9.17) is 4.74 Å². The number of nitrogens with zero attached hydrogens (tertiary/aromatic N) is 1. The molecule has 3 rings (SSSR count). The minimum Gasteiger partial charge on any atom is -0.379 e. The highest BCUT2D eigenvalue weighted by Crippen LogP contribution is 2.25. The van der Waals surface area contributed by atoms with E-state index in [0.29, 0.717) is 37.8 Å². The van der Waals surface area contributed by atoms with Gasteiger partial charge in [0, 0.05) is 18.7 Å². The van der Waals surface area contributed by atoms with Crippen molar-refractivity contribution in [3.05, 3.63) is 65.2 Å². The summed E-state index contributed by atoms with van der Waals surface area (Å²) >= 11 is 0. The SMILES string of the molecule is CC(C)c1ccc([C@@H](NC(=O)c2cccc(S(=O)(=O)N3CCOCC3)c2)C(C)C)cc1. The number of carbonyl (C=O) groups is 1. The maximum absolute atomic E-state index is 13.0. The number of carbonyl (C=O) groups excluding carboxylic acids is 1. The zero-order valence-corrected chi connectivity index (χ0v) is 19.5. The van der Waals surface area contributed by atoms with Crippen molar-refractivity contribution in [2.45, 2.75) is 44.6 Å². The second-order valence-electron chi connectivity index (χ2n) is 8.56. The molecule has 1 saturated heterocycles. The Hall–Kier alpha value is -2.22. The standard InChI is InChI=1S/C24H32N2O4S/c1-17(2)19-8-10-20(11-9-19)23(18(3)4)25-24(27)21-6-5-7-22(16-21)31(28,29)26-12-14-30-15-13-26/h5-11,16-18,23H,12-15H2,1-4H3,(H,25,27)/t23-/m0/s1. The molecule has 0 bridgehead atoms. The lowest BCUT2D eigenvalue weighted by Gasteiger charge is -2.26. The van der Waals surface area contributed by atoms with E-state index in [0.717, 1.165) is 5.56 Å². The lowest BCUT2D eigenvalue weighted by atomic mass is 9.93. The number of nitrogens with one attached hydrogen (secondary N) is 1. The molecular weight excluding hydrogens is 412 g/mol. The number of sulfonamides is 1. The van der Waals surface area contributed by atoms with Crippen molar-refractivity contribution < 1.29 is 17.9 Å². The molecule has 168 valence electrons.